The first kappa shape index (κ1) is 15.6. The smallest absolute Gasteiger partial charge is 0.193 e. The zero-order valence-corrected chi connectivity index (χ0v) is 13.6. The molecule has 2 fully saturated rings. The fraction of sp³-hybridized carbons (Fsp3) is 0.938. The average Bonchev–Trinajstić information content (AvgIpc) is 2.92. The molecule has 0 aromatic rings. The van der Waals surface area contributed by atoms with Gasteiger partial charge in [-0.3, -0.25) is 4.99 Å². The molecular formula is C16H32N4. The second-order valence-corrected chi connectivity index (χ2v) is 6.41. The van der Waals surface area contributed by atoms with Gasteiger partial charge >= 0.3 is 0 Å². The fourth-order valence-electron chi connectivity index (χ4n) is 3.21. The van der Waals surface area contributed by atoms with Crippen LogP contribution in [0.2, 0.25) is 0 Å². The zero-order valence-electron chi connectivity index (χ0n) is 13.6. The summed E-state index contributed by atoms with van der Waals surface area (Å²) in [7, 11) is 0. The summed E-state index contributed by atoms with van der Waals surface area (Å²) >= 11 is 0. The molecule has 2 heterocycles. The summed E-state index contributed by atoms with van der Waals surface area (Å²) in [5.41, 5.74) is 0. The standard InChI is InChI=1S/C16H32N4/c1-4-17-16(20-10-6-14(3)7-11-20)18-12-15-8-9-19(5-2)13-15/h14-15H,4-13H2,1-3H3,(H,17,18). The van der Waals surface area contributed by atoms with Crippen LogP contribution in [0.5, 0.6) is 0 Å². The number of nitrogens with one attached hydrogen (secondary N) is 1. The molecule has 1 N–H and O–H groups in total. The quantitative estimate of drug-likeness (QED) is 0.631. The molecule has 0 radical (unpaired) electrons. The Morgan fingerprint density at radius 3 is 2.50 bits per heavy atom. The van der Waals surface area contributed by atoms with E-state index in [1.807, 2.05) is 0 Å². The van der Waals surface area contributed by atoms with Gasteiger partial charge in [-0.15, -0.1) is 0 Å². The van der Waals surface area contributed by atoms with Gasteiger partial charge in [0.25, 0.3) is 0 Å². The topological polar surface area (TPSA) is 30.9 Å². The van der Waals surface area contributed by atoms with E-state index in [9.17, 15) is 0 Å². The van der Waals surface area contributed by atoms with Crippen LogP contribution in [0, 0.1) is 11.8 Å². The van der Waals surface area contributed by atoms with Crippen molar-refractivity contribution >= 4 is 5.96 Å². The Hall–Kier alpha value is -0.770. The van der Waals surface area contributed by atoms with Gasteiger partial charge in [-0.1, -0.05) is 13.8 Å². The van der Waals surface area contributed by atoms with Crippen LogP contribution in [0.3, 0.4) is 0 Å². The van der Waals surface area contributed by atoms with Gasteiger partial charge < -0.3 is 15.1 Å². The molecule has 0 aliphatic carbocycles. The maximum Gasteiger partial charge on any atom is 0.193 e. The van der Waals surface area contributed by atoms with Crippen molar-refractivity contribution in [2.45, 2.75) is 40.0 Å². The van der Waals surface area contributed by atoms with Crippen LogP contribution in [0.1, 0.15) is 40.0 Å². The van der Waals surface area contributed by atoms with E-state index in [-0.39, 0.29) is 0 Å². The molecule has 2 aliphatic rings. The minimum atomic E-state index is 0.757. The first-order valence-electron chi connectivity index (χ1n) is 8.48. The van der Waals surface area contributed by atoms with Gasteiger partial charge in [0.05, 0.1) is 0 Å². The van der Waals surface area contributed by atoms with Crippen molar-refractivity contribution in [3.63, 3.8) is 0 Å². The molecule has 2 aliphatic heterocycles. The monoisotopic (exact) mass is 280 g/mol. The predicted octanol–water partition coefficient (Wildman–Crippen LogP) is 2.03. The van der Waals surface area contributed by atoms with E-state index >= 15 is 0 Å². The molecule has 1 atom stereocenters. The van der Waals surface area contributed by atoms with Gasteiger partial charge in [0.15, 0.2) is 5.96 Å². The van der Waals surface area contributed by atoms with E-state index in [0.717, 1.165) is 30.9 Å². The number of guanidine groups is 1. The van der Waals surface area contributed by atoms with Crippen LogP contribution in [-0.4, -0.2) is 61.6 Å². The van der Waals surface area contributed by atoms with Crippen LogP contribution in [0.4, 0.5) is 0 Å². The Balaban J connectivity index is 1.85. The lowest BCUT2D eigenvalue weighted by molar-refractivity contribution is 0.273. The summed E-state index contributed by atoms with van der Waals surface area (Å²) in [6.07, 6.45) is 3.92. The highest BCUT2D eigenvalue weighted by molar-refractivity contribution is 5.80. The minimum Gasteiger partial charge on any atom is -0.357 e. The van der Waals surface area contributed by atoms with E-state index in [1.54, 1.807) is 0 Å². The first-order valence-corrected chi connectivity index (χ1v) is 8.48. The van der Waals surface area contributed by atoms with Gasteiger partial charge in [0.2, 0.25) is 0 Å². The molecule has 20 heavy (non-hydrogen) atoms. The average molecular weight is 280 g/mol. The van der Waals surface area contributed by atoms with Gasteiger partial charge in [-0.05, 0) is 51.1 Å². The Kier molecular flexibility index (Phi) is 6.14. The van der Waals surface area contributed by atoms with Crippen LogP contribution in [0.15, 0.2) is 4.99 Å². The van der Waals surface area contributed by atoms with E-state index < -0.39 is 0 Å². The van der Waals surface area contributed by atoms with E-state index in [1.165, 1.54) is 52.0 Å². The molecule has 1 unspecified atom stereocenters. The van der Waals surface area contributed by atoms with E-state index in [0.29, 0.717) is 0 Å². The van der Waals surface area contributed by atoms with Crippen LogP contribution >= 0.6 is 0 Å². The Bertz CT molecular complexity index is 308. The maximum absolute atomic E-state index is 4.92. The summed E-state index contributed by atoms with van der Waals surface area (Å²) in [6, 6.07) is 0. The van der Waals surface area contributed by atoms with Crippen molar-refractivity contribution in [2.75, 3.05) is 45.8 Å². The number of hydrogen-bond donors (Lipinski definition) is 1. The van der Waals surface area contributed by atoms with Crippen molar-refractivity contribution < 1.29 is 0 Å². The molecule has 116 valence electrons. The molecule has 0 saturated carbocycles. The Morgan fingerprint density at radius 1 is 1.15 bits per heavy atom. The normalized spacial score (nSPS) is 26.2. The molecular weight excluding hydrogens is 248 g/mol. The first-order chi connectivity index (χ1) is 9.72. The van der Waals surface area contributed by atoms with Gasteiger partial charge in [-0.2, -0.15) is 0 Å². The molecule has 4 heteroatoms. The fourth-order valence-corrected chi connectivity index (χ4v) is 3.21. The third-order valence-electron chi connectivity index (χ3n) is 4.73. The number of piperidine rings is 1. The highest BCUT2D eigenvalue weighted by Gasteiger charge is 2.22. The summed E-state index contributed by atoms with van der Waals surface area (Å²) < 4.78 is 0. The lowest BCUT2D eigenvalue weighted by atomic mass is 9.99. The van der Waals surface area contributed by atoms with Crippen LogP contribution < -0.4 is 5.32 Å². The van der Waals surface area contributed by atoms with Crippen molar-refractivity contribution in [1.29, 1.82) is 0 Å². The van der Waals surface area contributed by atoms with E-state index in [2.05, 4.69) is 35.9 Å². The number of hydrogen-bond acceptors (Lipinski definition) is 2. The summed E-state index contributed by atoms with van der Waals surface area (Å²) in [6.45, 7) is 14.7. The number of likely N-dealkylation sites (tertiary alicyclic amines) is 2. The molecule has 2 rings (SSSR count). The van der Waals surface area contributed by atoms with Crippen LogP contribution in [0.25, 0.3) is 0 Å². The largest absolute Gasteiger partial charge is 0.357 e. The molecule has 0 bridgehead atoms. The minimum absolute atomic E-state index is 0.757. The maximum atomic E-state index is 4.92. The third-order valence-corrected chi connectivity index (χ3v) is 4.73. The highest BCUT2D eigenvalue weighted by atomic mass is 15.3. The van der Waals surface area contributed by atoms with Crippen molar-refractivity contribution in [3.05, 3.63) is 0 Å². The predicted molar refractivity (Wildman–Crippen MR) is 86.2 cm³/mol. The molecule has 0 spiro atoms. The number of rotatable bonds is 4. The summed E-state index contributed by atoms with van der Waals surface area (Å²) in [4.78, 5) is 9.91. The SMILES string of the molecule is CCNC(=NCC1CCN(CC)C1)N1CCC(C)CC1. The zero-order chi connectivity index (χ0) is 14.4. The van der Waals surface area contributed by atoms with Crippen molar-refractivity contribution in [1.82, 2.24) is 15.1 Å². The number of aliphatic imine (C=N–C) groups is 1. The molecule has 2 saturated heterocycles. The Morgan fingerprint density at radius 2 is 1.90 bits per heavy atom. The number of nitrogens with zero attached hydrogens (tertiary/aromatic N) is 3. The molecule has 0 amide bonds. The van der Waals surface area contributed by atoms with Crippen molar-refractivity contribution in [3.8, 4) is 0 Å². The lowest BCUT2D eigenvalue weighted by Crippen LogP contribution is -2.45. The molecule has 4 nitrogen and oxygen atoms in total. The lowest BCUT2D eigenvalue weighted by Gasteiger charge is -2.33. The van der Waals surface area contributed by atoms with Gasteiger partial charge in [-0.25, -0.2) is 0 Å². The van der Waals surface area contributed by atoms with Gasteiger partial charge in [0, 0.05) is 32.7 Å². The van der Waals surface area contributed by atoms with Crippen molar-refractivity contribution in [2.24, 2.45) is 16.8 Å². The van der Waals surface area contributed by atoms with Crippen LogP contribution in [-0.2, 0) is 0 Å². The Labute approximate surface area is 124 Å². The highest BCUT2D eigenvalue weighted by Crippen LogP contribution is 2.18. The summed E-state index contributed by atoms with van der Waals surface area (Å²) in [5, 5.41) is 3.48. The second-order valence-electron chi connectivity index (χ2n) is 6.41. The van der Waals surface area contributed by atoms with Gasteiger partial charge in [0.1, 0.15) is 0 Å². The molecule has 0 aromatic heterocycles. The van der Waals surface area contributed by atoms with E-state index in [4.69, 9.17) is 4.99 Å². The molecule has 0 aromatic carbocycles. The second kappa shape index (κ2) is 7.87. The third kappa shape index (κ3) is 4.37. The summed E-state index contributed by atoms with van der Waals surface area (Å²) in [5.74, 6) is 2.78.